The van der Waals surface area contributed by atoms with Crippen molar-refractivity contribution in [3.63, 3.8) is 0 Å². The maximum atomic E-state index is 6.46. The molecule has 4 aromatic rings. The fourth-order valence-electron chi connectivity index (χ4n) is 3.21. The normalized spacial score (nSPS) is 12.9. The third kappa shape index (κ3) is 4.40. The molecule has 2 aromatic heterocycles. The van der Waals surface area contributed by atoms with E-state index in [0.717, 1.165) is 28.0 Å². The quantitative estimate of drug-likeness (QED) is 0.428. The average molecular weight is 447 g/mol. The van der Waals surface area contributed by atoms with Crippen LogP contribution in [0.3, 0.4) is 0 Å². The Bertz CT molecular complexity index is 1310. The molecule has 32 heavy (non-hydrogen) atoms. The molecule has 0 radical (unpaired) electrons. The average Bonchev–Trinajstić information content (AvgIpc) is 3.30. The Labute approximate surface area is 189 Å². The number of benzene rings is 2. The van der Waals surface area contributed by atoms with Gasteiger partial charge in [-0.3, -0.25) is 4.98 Å². The third-order valence-electron chi connectivity index (χ3n) is 4.78. The van der Waals surface area contributed by atoms with E-state index in [2.05, 4.69) is 30.6 Å². The lowest BCUT2D eigenvalue weighted by Crippen LogP contribution is -2.11. The SMILES string of the molecule is Cc1ccc(Oc2ccc(Nc3ncnc4ccc(NC5=NCCO5)cc34)cc2Cl)cn1. The van der Waals surface area contributed by atoms with Gasteiger partial charge in [0, 0.05) is 22.5 Å². The van der Waals surface area contributed by atoms with Crippen molar-refractivity contribution in [3.8, 4) is 11.5 Å². The van der Waals surface area contributed by atoms with Crippen molar-refractivity contribution in [1.82, 2.24) is 15.0 Å². The number of nitrogens with one attached hydrogen (secondary N) is 2. The summed E-state index contributed by atoms with van der Waals surface area (Å²) in [6, 6.07) is 15.5. The van der Waals surface area contributed by atoms with E-state index in [0.29, 0.717) is 41.5 Å². The highest BCUT2D eigenvalue weighted by Gasteiger charge is 2.11. The second kappa shape index (κ2) is 8.68. The summed E-state index contributed by atoms with van der Waals surface area (Å²) >= 11 is 6.46. The number of amidine groups is 1. The topological polar surface area (TPSA) is 93.6 Å². The number of aromatic nitrogens is 3. The van der Waals surface area contributed by atoms with Gasteiger partial charge in [0.15, 0.2) is 0 Å². The summed E-state index contributed by atoms with van der Waals surface area (Å²) in [6.45, 7) is 3.17. The smallest absolute Gasteiger partial charge is 0.289 e. The van der Waals surface area contributed by atoms with E-state index in [-0.39, 0.29) is 0 Å². The summed E-state index contributed by atoms with van der Waals surface area (Å²) in [6.07, 6.45) is 3.18. The van der Waals surface area contributed by atoms with Crippen molar-refractivity contribution >= 4 is 45.7 Å². The fraction of sp³-hybridized carbons (Fsp3) is 0.130. The minimum Gasteiger partial charge on any atom is -0.463 e. The molecule has 1 aliphatic rings. The van der Waals surface area contributed by atoms with E-state index in [1.807, 2.05) is 43.3 Å². The molecular weight excluding hydrogens is 428 g/mol. The molecule has 2 N–H and O–H groups in total. The van der Waals surface area contributed by atoms with Crippen LogP contribution in [0.4, 0.5) is 17.2 Å². The van der Waals surface area contributed by atoms with Gasteiger partial charge in [0.1, 0.15) is 30.3 Å². The first kappa shape index (κ1) is 20.0. The van der Waals surface area contributed by atoms with Crippen LogP contribution < -0.4 is 15.4 Å². The van der Waals surface area contributed by atoms with Gasteiger partial charge in [-0.15, -0.1) is 0 Å². The van der Waals surface area contributed by atoms with Crippen LogP contribution in [0.1, 0.15) is 5.69 Å². The zero-order valence-electron chi connectivity index (χ0n) is 17.2. The summed E-state index contributed by atoms with van der Waals surface area (Å²) in [5.74, 6) is 1.82. The van der Waals surface area contributed by atoms with Gasteiger partial charge >= 0.3 is 0 Å². The van der Waals surface area contributed by atoms with Crippen LogP contribution in [0.25, 0.3) is 10.9 Å². The molecule has 0 saturated carbocycles. The molecule has 2 aromatic carbocycles. The molecule has 0 amide bonds. The van der Waals surface area contributed by atoms with Crippen LogP contribution in [0, 0.1) is 6.92 Å². The van der Waals surface area contributed by atoms with Crippen LogP contribution in [0.15, 0.2) is 66.0 Å². The highest BCUT2D eigenvalue weighted by molar-refractivity contribution is 6.32. The molecule has 5 rings (SSSR count). The Balaban J connectivity index is 1.38. The second-order valence-corrected chi connectivity index (χ2v) is 7.53. The van der Waals surface area contributed by atoms with Gasteiger partial charge < -0.3 is 20.1 Å². The number of aryl methyl sites for hydroxylation is 1. The van der Waals surface area contributed by atoms with Gasteiger partial charge in [0.2, 0.25) is 0 Å². The summed E-state index contributed by atoms with van der Waals surface area (Å²) in [5.41, 5.74) is 3.33. The van der Waals surface area contributed by atoms with Crippen LogP contribution in [-0.2, 0) is 4.74 Å². The zero-order valence-corrected chi connectivity index (χ0v) is 17.9. The van der Waals surface area contributed by atoms with E-state index in [1.165, 1.54) is 6.33 Å². The van der Waals surface area contributed by atoms with E-state index < -0.39 is 0 Å². The van der Waals surface area contributed by atoms with Crippen LogP contribution in [0.5, 0.6) is 11.5 Å². The van der Waals surface area contributed by atoms with Crippen molar-refractivity contribution in [3.05, 3.63) is 71.8 Å². The van der Waals surface area contributed by atoms with Gasteiger partial charge in [-0.2, -0.15) is 0 Å². The van der Waals surface area contributed by atoms with E-state index in [1.54, 1.807) is 18.3 Å². The van der Waals surface area contributed by atoms with Gasteiger partial charge in [-0.1, -0.05) is 11.6 Å². The number of hydrogen-bond acceptors (Lipinski definition) is 8. The van der Waals surface area contributed by atoms with Crippen molar-refractivity contribution < 1.29 is 9.47 Å². The van der Waals surface area contributed by atoms with E-state index in [4.69, 9.17) is 21.1 Å². The summed E-state index contributed by atoms with van der Waals surface area (Å²) in [5, 5.41) is 7.79. The van der Waals surface area contributed by atoms with Gasteiger partial charge in [0.05, 0.1) is 23.3 Å². The molecule has 160 valence electrons. The molecule has 0 aliphatic carbocycles. The number of aliphatic imine (C=N–C) groups is 1. The third-order valence-corrected chi connectivity index (χ3v) is 5.07. The standard InChI is InChI=1S/C23H19ClN6O2/c1-14-2-5-17(12-26-14)32-21-7-4-16(11-19(21)24)29-22-18-10-15(30-23-25-8-9-31-23)3-6-20(18)27-13-28-22/h2-7,10-13H,8-9H2,1H3,(H,25,30)(H,27,28,29). The number of pyridine rings is 1. The molecule has 3 heterocycles. The molecule has 0 atom stereocenters. The molecule has 8 nitrogen and oxygen atoms in total. The molecule has 0 bridgehead atoms. The lowest BCUT2D eigenvalue weighted by atomic mass is 10.2. The van der Waals surface area contributed by atoms with E-state index in [9.17, 15) is 0 Å². The fourth-order valence-corrected chi connectivity index (χ4v) is 3.43. The molecule has 1 aliphatic heterocycles. The first-order valence-corrected chi connectivity index (χ1v) is 10.4. The molecule has 9 heteroatoms. The van der Waals surface area contributed by atoms with Gasteiger partial charge in [-0.25, -0.2) is 15.0 Å². The monoisotopic (exact) mass is 446 g/mol. The number of fused-ring (bicyclic) bond motifs is 1. The Hall–Kier alpha value is -3.91. The predicted molar refractivity (Wildman–Crippen MR) is 125 cm³/mol. The number of ether oxygens (including phenoxy) is 2. The lowest BCUT2D eigenvalue weighted by Gasteiger charge is -2.12. The first-order chi connectivity index (χ1) is 15.6. The molecule has 0 fully saturated rings. The number of rotatable bonds is 5. The summed E-state index contributed by atoms with van der Waals surface area (Å²) in [7, 11) is 0. The van der Waals surface area contributed by atoms with Crippen molar-refractivity contribution in [2.24, 2.45) is 4.99 Å². The zero-order chi connectivity index (χ0) is 21.9. The Kier molecular flexibility index (Phi) is 5.43. The molecule has 0 unspecified atom stereocenters. The minimum atomic E-state index is 0.465. The van der Waals surface area contributed by atoms with Crippen molar-refractivity contribution in [1.29, 1.82) is 0 Å². The first-order valence-electron chi connectivity index (χ1n) is 10.0. The van der Waals surface area contributed by atoms with Crippen LogP contribution in [0.2, 0.25) is 5.02 Å². The minimum absolute atomic E-state index is 0.465. The Morgan fingerprint density at radius 2 is 1.84 bits per heavy atom. The maximum absolute atomic E-state index is 6.46. The predicted octanol–water partition coefficient (Wildman–Crippen LogP) is 5.32. The molecule has 0 spiro atoms. The summed E-state index contributed by atoms with van der Waals surface area (Å²) in [4.78, 5) is 17.2. The van der Waals surface area contributed by atoms with Gasteiger partial charge in [-0.05, 0) is 55.5 Å². The van der Waals surface area contributed by atoms with Crippen molar-refractivity contribution in [2.75, 3.05) is 23.8 Å². The van der Waals surface area contributed by atoms with Crippen molar-refractivity contribution in [2.45, 2.75) is 6.92 Å². The Morgan fingerprint density at radius 3 is 2.62 bits per heavy atom. The maximum Gasteiger partial charge on any atom is 0.289 e. The highest BCUT2D eigenvalue weighted by atomic mass is 35.5. The van der Waals surface area contributed by atoms with Crippen LogP contribution in [-0.4, -0.2) is 34.1 Å². The summed E-state index contributed by atoms with van der Waals surface area (Å²) < 4.78 is 11.3. The lowest BCUT2D eigenvalue weighted by molar-refractivity contribution is 0.346. The highest BCUT2D eigenvalue weighted by Crippen LogP contribution is 2.33. The van der Waals surface area contributed by atoms with E-state index >= 15 is 0 Å². The second-order valence-electron chi connectivity index (χ2n) is 7.12. The Morgan fingerprint density at radius 1 is 0.969 bits per heavy atom. The van der Waals surface area contributed by atoms with Gasteiger partial charge in [0.25, 0.3) is 6.02 Å². The van der Waals surface area contributed by atoms with Crippen LogP contribution >= 0.6 is 11.6 Å². The number of halogens is 1. The molecule has 0 saturated heterocycles. The number of anilines is 3. The molecular formula is C23H19ClN6O2. The number of nitrogens with zero attached hydrogens (tertiary/aromatic N) is 4. The number of hydrogen-bond donors (Lipinski definition) is 2. The largest absolute Gasteiger partial charge is 0.463 e.